The number of rotatable bonds is 2. The van der Waals surface area contributed by atoms with Crippen LogP contribution >= 0.6 is 12.2 Å². The predicted octanol–water partition coefficient (Wildman–Crippen LogP) is 0.327. The van der Waals surface area contributed by atoms with Gasteiger partial charge in [-0.1, -0.05) is 23.4 Å². The van der Waals surface area contributed by atoms with Gasteiger partial charge < -0.3 is 11.1 Å². The van der Waals surface area contributed by atoms with Crippen molar-refractivity contribution in [3.8, 4) is 0 Å². The number of anilines is 1. The van der Waals surface area contributed by atoms with Crippen molar-refractivity contribution in [2.24, 2.45) is 10.9 Å². The molecule has 2 rings (SSSR count). The quantitative estimate of drug-likeness (QED) is 0.583. The van der Waals surface area contributed by atoms with E-state index in [1.54, 1.807) is 12.1 Å². The van der Waals surface area contributed by atoms with Crippen molar-refractivity contribution in [2.45, 2.75) is 12.2 Å². The average molecular weight is 250 g/mol. The summed E-state index contributed by atoms with van der Waals surface area (Å²) in [5.41, 5.74) is 6.54. The molecule has 0 spiro atoms. The number of thiocarbonyl (C=S) groups is 1. The maximum Gasteiger partial charge on any atom is 0.258 e. The molecule has 1 heterocycles. The topological polar surface area (TPSA) is 87.8 Å². The first-order valence-electron chi connectivity index (χ1n) is 4.92. The maximum atomic E-state index is 11.4. The van der Waals surface area contributed by atoms with Gasteiger partial charge in [-0.3, -0.25) is 9.69 Å². The van der Waals surface area contributed by atoms with Crippen molar-refractivity contribution in [3.05, 3.63) is 35.2 Å². The number of amides is 1. The van der Waals surface area contributed by atoms with Crippen molar-refractivity contribution in [3.63, 3.8) is 0 Å². The molecule has 6 nitrogen and oxygen atoms in total. The Bertz CT molecular complexity index is 465. The SMILES string of the molecule is NC1C(N=O)C(=O)NC(=S)N1c1ccccc1. The lowest BCUT2D eigenvalue weighted by atomic mass is 10.1. The number of benzene rings is 1. The number of para-hydroxylation sites is 1. The molecule has 1 saturated heterocycles. The summed E-state index contributed by atoms with van der Waals surface area (Å²) in [6, 6.07) is 7.86. The summed E-state index contributed by atoms with van der Waals surface area (Å²) in [6.45, 7) is 0. The van der Waals surface area contributed by atoms with E-state index in [9.17, 15) is 9.70 Å². The third-order valence-electron chi connectivity index (χ3n) is 2.49. The van der Waals surface area contributed by atoms with Gasteiger partial charge in [-0.15, -0.1) is 4.91 Å². The summed E-state index contributed by atoms with van der Waals surface area (Å²) < 4.78 is 0. The van der Waals surface area contributed by atoms with E-state index in [-0.39, 0.29) is 5.11 Å². The highest BCUT2D eigenvalue weighted by Crippen LogP contribution is 2.20. The van der Waals surface area contributed by atoms with E-state index in [0.717, 1.165) is 0 Å². The first-order valence-corrected chi connectivity index (χ1v) is 5.33. The summed E-state index contributed by atoms with van der Waals surface area (Å²) in [5.74, 6) is -0.565. The molecule has 1 aromatic carbocycles. The van der Waals surface area contributed by atoms with Gasteiger partial charge in [-0.05, 0) is 24.4 Å². The van der Waals surface area contributed by atoms with Gasteiger partial charge in [0.15, 0.2) is 5.11 Å². The Hall–Kier alpha value is -1.86. The Morgan fingerprint density at radius 3 is 2.59 bits per heavy atom. The lowest BCUT2D eigenvalue weighted by Crippen LogP contribution is -2.65. The second kappa shape index (κ2) is 4.56. The van der Waals surface area contributed by atoms with Crippen LogP contribution < -0.4 is 16.0 Å². The Morgan fingerprint density at radius 1 is 1.35 bits per heavy atom. The first kappa shape index (κ1) is 11.6. The monoisotopic (exact) mass is 250 g/mol. The Labute approximate surface area is 103 Å². The molecule has 1 fully saturated rings. The molecule has 1 amide bonds. The van der Waals surface area contributed by atoms with E-state index in [4.69, 9.17) is 18.0 Å². The van der Waals surface area contributed by atoms with Gasteiger partial charge in [0, 0.05) is 5.69 Å². The normalized spacial score (nSPS) is 24.4. The van der Waals surface area contributed by atoms with Crippen LogP contribution in [0.5, 0.6) is 0 Å². The molecule has 2 unspecified atom stereocenters. The summed E-state index contributed by atoms with van der Waals surface area (Å²) >= 11 is 5.03. The van der Waals surface area contributed by atoms with Crippen molar-refractivity contribution in [1.82, 2.24) is 5.32 Å². The minimum absolute atomic E-state index is 0.175. The van der Waals surface area contributed by atoms with E-state index in [0.29, 0.717) is 5.69 Å². The van der Waals surface area contributed by atoms with Gasteiger partial charge in [0.05, 0.1) is 0 Å². The number of nitrogens with two attached hydrogens (primary N) is 1. The van der Waals surface area contributed by atoms with Crippen LogP contribution in [0.2, 0.25) is 0 Å². The Kier molecular flexibility index (Phi) is 3.12. The summed E-state index contributed by atoms with van der Waals surface area (Å²) in [5, 5.41) is 5.31. The molecule has 1 aromatic rings. The van der Waals surface area contributed by atoms with E-state index in [2.05, 4.69) is 10.5 Å². The van der Waals surface area contributed by atoms with Gasteiger partial charge in [0.25, 0.3) is 5.91 Å². The maximum absolute atomic E-state index is 11.4. The van der Waals surface area contributed by atoms with Crippen LogP contribution in [0.1, 0.15) is 0 Å². The van der Waals surface area contributed by atoms with Crippen LogP contribution in [0.15, 0.2) is 35.5 Å². The Morgan fingerprint density at radius 2 is 2.00 bits per heavy atom. The van der Waals surface area contributed by atoms with Crippen molar-refractivity contribution >= 4 is 28.9 Å². The highest BCUT2D eigenvalue weighted by atomic mass is 32.1. The zero-order chi connectivity index (χ0) is 12.4. The molecular weight excluding hydrogens is 240 g/mol. The minimum Gasteiger partial charge on any atom is -0.309 e. The lowest BCUT2D eigenvalue weighted by Gasteiger charge is -2.37. The highest BCUT2D eigenvalue weighted by Gasteiger charge is 2.39. The number of carbonyl (C=O) groups is 1. The van der Waals surface area contributed by atoms with Gasteiger partial charge in [0.1, 0.15) is 6.17 Å². The molecule has 0 bridgehead atoms. The van der Waals surface area contributed by atoms with Crippen LogP contribution in [0, 0.1) is 4.91 Å². The van der Waals surface area contributed by atoms with Crippen LogP contribution in [-0.2, 0) is 4.79 Å². The molecular formula is C10H10N4O2S. The molecule has 7 heteroatoms. The van der Waals surface area contributed by atoms with Crippen LogP contribution in [-0.4, -0.2) is 23.2 Å². The van der Waals surface area contributed by atoms with Crippen molar-refractivity contribution in [1.29, 1.82) is 0 Å². The molecule has 2 atom stereocenters. The minimum atomic E-state index is -1.16. The van der Waals surface area contributed by atoms with Crippen molar-refractivity contribution < 1.29 is 4.79 Å². The third kappa shape index (κ3) is 2.02. The van der Waals surface area contributed by atoms with E-state index in [1.165, 1.54) is 4.90 Å². The number of nitrogens with zero attached hydrogens (tertiary/aromatic N) is 2. The summed E-state index contributed by atoms with van der Waals surface area (Å²) in [7, 11) is 0. The molecule has 17 heavy (non-hydrogen) atoms. The number of nitrogens with one attached hydrogen (secondary N) is 1. The highest BCUT2D eigenvalue weighted by molar-refractivity contribution is 7.80. The summed E-state index contributed by atoms with van der Waals surface area (Å²) in [6.07, 6.45) is -0.879. The largest absolute Gasteiger partial charge is 0.309 e. The molecule has 3 N–H and O–H groups in total. The zero-order valence-electron chi connectivity index (χ0n) is 8.74. The summed E-state index contributed by atoms with van der Waals surface area (Å²) in [4.78, 5) is 23.5. The molecule has 1 aliphatic heterocycles. The number of carbonyl (C=O) groups excluding carboxylic acids is 1. The van der Waals surface area contributed by atoms with Crippen LogP contribution in [0.4, 0.5) is 5.69 Å². The molecule has 1 aliphatic rings. The fourth-order valence-electron chi connectivity index (χ4n) is 1.66. The fraction of sp³-hybridized carbons (Fsp3) is 0.200. The van der Waals surface area contributed by atoms with Gasteiger partial charge in [-0.25, -0.2) is 0 Å². The Balaban J connectivity index is 2.36. The zero-order valence-corrected chi connectivity index (χ0v) is 9.55. The van der Waals surface area contributed by atoms with Gasteiger partial charge >= 0.3 is 0 Å². The predicted molar refractivity (Wildman–Crippen MR) is 67.2 cm³/mol. The number of nitroso groups, excluding NO2 is 1. The standard InChI is InChI=1S/C10H10N4O2S/c11-8-7(13-16)9(15)12-10(17)14(8)6-4-2-1-3-5-6/h1-5,7-8H,11H2,(H,12,15,17). The number of hydrogen-bond acceptors (Lipinski definition) is 5. The van der Waals surface area contributed by atoms with Crippen LogP contribution in [0.3, 0.4) is 0 Å². The molecule has 0 saturated carbocycles. The van der Waals surface area contributed by atoms with Crippen molar-refractivity contribution in [2.75, 3.05) is 4.90 Å². The third-order valence-corrected chi connectivity index (χ3v) is 2.79. The second-order valence-electron chi connectivity index (χ2n) is 3.54. The smallest absolute Gasteiger partial charge is 0.258 e. The van der Waals surface area contributed by atoms with Gasteiger partial charge in [0.2, 0.25) is 6.04 Å². The molecule has 88 valence electrons. The number of hydrogen-bond donors (Lipinski definition) is 2. The first-order chi connectivity index (χ1) is 8.15. The molecule has 0 aromatic heterocycles. The second-order valence-corrected chi connectivity index (χ2v) is 3.93. The van der Waals surface area contributed by atoms with Crippen LogP contribution in [0.25, 0.3) is 0 Å². The average Bonchev–Trinajstić information content (AvgIpc) is 2.30. The molecule has 0 radical (unpaired) electrons. The van der Waals surface area contributed by atoms with E-state index < -0.39 is 18.1 Å². The van der Waals surface area contributed by atoms with E-state index in [1.807, 2.05) is 18.2 Å². The molecule has 0 aliphatic carbocycles. The fourth-order valence-corrected chi connectivity index (χ4v) is 1.99. The lowest BCUT2D eigenvalue weighted by molar-refractivity contribution is -0.121. The van der Waals surface area contributed by atoms with Gasteiger partial charge in [-0.2, -0.15) is 0 Å². The van der Waals surface area contributed by atoms with E-state index >= 15 is 0 Å².